The first-order valence-electron chi connectivity index (χ1n) is 9.89. The van der Waals surface area contributed by atoms with E-state index in [1.165, 1.54) is 13.0 Å². The second kappa shape index (κ2) is 10.9. The Balaban J connectivity index is 2.37. The standard InChI is InChI=1S/C22H28O9/c1-12-8-18(31-22(28)16(11-24)6-7-29-14(3)25)20-13(2)21(27)30-19(20)9-15(10-23)4-5-17(12)26/h6,9,18-20,23-24,26H,2,4-5,7-8,10-11H2,1,3H3/b15-9-,16-6+,17-12+/t18-,19+,20+/m0/s1. The summed E-state index contributed by atoms with van der Waals surface area (Å²) in [6.45, 7) is 5.52. The van der Waals surface area contributed by atoms with Crippen molar-refractivity contribution in [1.82, 2.24) is 0 Å². The maximum Gasteiger partial charge on any atom is 0.336 e. The molecule has 0 saturated carbocycles. The third-order valence-electron chi connectivity index (χ3n) is 5.26. The minimum Gasteiger partial charge on any atom is -0.512 e. The molecule has 1 aliphatic heterocycles. The number of fused-ring (bicyclic) bond motifs is 1. The highest BCUT2D eigenvalue weighted by molar-refractivity contribution is 5.92. The Bertz CT molecular complexity index is 834. The molecule has 9 heteroatoms. The van der Waals surface area contributed by atoms with Crippen LogP contribution in [0.1, 0.15) is 33.1 Å². The first-order chi connectivity index (χ1) is 14.7. The fourth-order valence-corrected chi connectivity index (χ4v) is 3.47. The summed E-state index contributed by atoms with van der Waals surface area (Å²) in [4.78, 5) is 35.8. The summed E-state index contributed by atoms with van der Waals surface area (Å²) < 4.78 is 15.7. The normalized spacial score (nSPS) is 28.8. The summed E-state index contributed by atoms with van der Waals surface area (Å²) >= 11 is 0. The van der Waals surface area contributed by atoms with E-state index < -0.39 is 42.6 Å². The number of hydrogen-bond acceptors (Lipinski definition) is 9. The molecule has 31 heavy (non-hydrogen) atoms. The van der Waals surface area contributed by atoms with E-state index in [1.54, 1.807) is 13.0 Å². The maximum absolute atomic E-state index is 12.7. The van der Waals surface area contributed by atoms with Gasteiger partial charge in [0.1, 0.15) is 18.8 Å². The van der Waals surface area contributed by atoms with Crippen molar-refractivity contribution in [1.29, 1.82) is 0 Å². The average Bonchev–Trinajstić information content (AvgIpc) is 2.99. The molecule has 0 aromatic heterocycles. The van der Waals surface area contributed by atoms with E-state index in [-0.39, 0.29) is 43.0 Å². The zero-order valence-corrected chi connectivity index (χ0v) is 17.6. The molecule has 1 heterocycles. The zero-order valence-electron chi connectivity index (χ0n) is 17.6. The van der Waals surface area contributed by atoms with Crippen LogP contribution >= 0.6 is 0 Å². The number of carbonyl (C=O) groups is 3. The Morgan fingerprint density at radius 2 is 2.03 bits per heavy atom. The predicted molar refractivity (Wildman–Crippen MR) is 109 cm³/mol. The first kappa shape index (κ1) is 24.4. The lowest BCUT2D eigenvalue weighted by Crippen LogP contribution is -2.34. The molecular formula is C22H28O9. The van der Waals surface area contributed by atoms with Crippen molar-refractivity contribution in [2.75, 3.05) is 19.8 Å². The molecule has 9 nitrogen and oxygen atoms in total. The molecule has 0 aromatic carbocycles. The predicted octanol–water partition coefficient (Wildman–Crippen LogP) is 1.41. The van der Waals surface area contributed by atoms with Gasteiger partial charge >= 0.3 is 17.9 Å². The van der Waals surface area contributed by atoms with Crippen LogP contribution in [-0.4, -0.2) is 65.3 Å². The van der Waals surface area contributed by atoms with Gasteiger partial charge in [-0.1, -0.05) is 6.58 Å². The van der Waals surface area contributed by atoms with E-state index >= 15 is 0 Å². The molecule has 0 amide bonds. The van der Waals surface area contributed by atoms with Gasteiger partial charge in [0, 0.05) is 25.3 Å². The van der Waals surface area contributed by atoms with Crippen LogP contribution in [0.25, 0.3) is 0 Å². The molecule has 1 fully saturated rings. The number of aliphatic hydroxyl groups excluding tert-OH is 3. The van der Waals surface area contributed by atoms with Gasteiger partial charge in [0.05, 0.1) is 30.5 Å². The van der Waals surface area contributed by atoms with Crippen molar-refractivity contribution in [2.45, 2.75) is 45.3 Å². The quantitative estimate of drug-likeness (QED) is 0.244. The summed E-state index contributed by atoms with van der Waals surface area (Å²) in [5.74, 6) is -2.68. The van der Waals surface area contributed by atoms with Crippen molar-refractivity contribution in [2.24, 2.45) is 5.92 Å². The molecule has 2 rings (SSSR count). The van der Waals surface area contributed by atoms with Gasteiger partial charge in [0.25, 0.3) is 0 Å². The molecular weight excluding hydrogens is 408 g/mol. The Kier molecular flexibility index (Phi) is 8.58. The van der Waals surface area contributed by atoms with Crippen molar-refractivity contribution in [3.63, 3.8) is 0 Å². The fraction of sp³-hybridized carbons (Fsp3) is 0.500. The van der Waals surface area contributed by atoms with Crippen LogP contribution < -0.4 is 0 Å². The summed E-state index contributed by atoms with van der Waals surface area (Å²) in [6.07, 6.45) is 1.86. The van der Waals surface area contributed by atoms with Gasteiger partial charge in [-0.05, 0) is 36.6 Å². The molecule has 0 unspecified atom stereocenters. The van der Waals surface area contributed by atoms with Crippen LogP contribution in [0, 0.1) is 5.92 Å². The number of hydrogen-bond donors (Lipinski definition) is 3. The Labute approximate surface area is 180 Å². The summed E-state index contributed by atoms with van der Waals surface area (Å²) in [7, 11) is 0. The fourth-order valence-electron chi connectivity index (χ4n) is 3.47. The average molecular weight is 436 g/mol. The molecule has 1 saturated heterocycles. The molecule has 2 aliphatic rings. The van der Waals surface area contributed by atoms with Crippen LogP contribution in [0.5, 0.6) is 0 Å². The number of ether oxygens (including phenoxy) is 3. The molecule has 3 atom stereocenters. The number of esters is 3. The van der Waals surface area contributed by atoms with Gasteiger partial charge in [0.15, 0.2) is 0 Å². The minimum absolute atomic E-state index is 0.0995. The van der Waals surface area contributed by atoms with Gasteiger partial charge in [-0.15, -0.1) is 0 Å². The van der Waals surface area contributed by atoms with E-state index in [1.807, 2.05) is 0 Å². The monoisotopic (exact) mass is 436 g/mol. The van der Waals surface area contributed by atoms with Gasteiger partial charge in [0.2, 0.25) is 0 Å². The summed E-state index contributed by atoms with van der Waals surface area (Å²) in [5, 5.41) is 29.5. The van der Waals surface area contributed by atoms with Gasteiger partial charge < -0.3 is 29.5 Å². The number of rotatable bonds is 6. The van der Waals surface area contributed by atoms with Gasteiger partial charge in [-0.25, -0.2) is 9.59 Å². The molecule has 170 valence electrons. The first-order valence-corrected chi connectivity index (χ1v) is 9.89. The summed E-state index contributed by atoms with van der Waals surface area (Å²) in [5.41, 5.74) is 1.11. The molecule has 3 N–H and O–H groups in total. The molecule has 0 spiro atoms. The number of allylic oxidation sites excluding steroid dienone is 1. The van der Waals surface area contributed by atoms with Crippen molar-refractivity contribution in [3.8, 4) is 0 Å². The molecule has 0 bridgehead atoms. The lowest BCUT2D eigenvalue weighted by Gasteiger charge is -2.28. The van der Waals surface area contributed by atoms with Crippen LogP contribution in [-0.2, 0) is 28.6 Å². The molecule has 0 radical (unpaired) electrons. The SMILES string of the molecule is C=C1C(=O)O[C@@H]2/C=C(\CO)CC/C(O)=C(/C)C[C@H](OC(=O)/C(=C/COC(C)=O)CO)[C@@H]12. The Hall–Kier alpha value is -2.91. The lowest BCUT2D eigenvalue weighted by atomic mass is 9.85. The second-order valence-electron chi connectivity index (χ2n) is 7.47. The van der Waals surface area contributed by atoms with E-state index in [0.717, 1.165) is 0 Å². The highest BCUT2D eigenvalue weighted by atomic mass is 16.6. The Morgan fingerprint density at radius 1 is 1.32 bits per heavy atom. The van der Waals surface area contributed by atoms with E-state index in [9.17, 15) is 29.7 Å². The topological polar surface area (TPSA) is 140 Å². The van der Waals surface area contributed by atoms with Crippen molar-refractivity contribution in [3.05, 3.63) is 46.8 Å². The Morgan fingerprint density at radius 3 is 2.65 bits per heavy atom. The zero-order chi connectivity index (χ0) is 23.1. The largest absolute Gasteiger partial charge is 0.512 e. The number of aliphatic hydroxyl groups is 3. The van der Waals surface area contributed by atoms with Crippen molar-refractivity contribution >= 4 is 17.9 Å². The van der Waals surface area contributed by atoms with Gasteiger partial charge in [-0.2, -0.15) is 0 Å². The van der Waals surface area contributed by atoms with E-state index in [2.05, 4.69) is 6.58 Å². The highest BCUT2D eigenvalue weighted by Crippen LogP contribution is 2.37. The second-order valence-corrected chi connectivity index (χ2v) is 7.47. The van der Waals surface area contributed by atoms with Crippen LogP contribution in [0.2, 0.25) is 0 Å². The van der Waals surface area contributed by atoms with Gasteiger partial charge in [-0.3, -0.25) is 4.79 Å². The number of carbonyl (C=O) groups excluding carboxylic acids is 3. The third kappa shape index (κ3) is 6.28. The minimum atomic E-state index is -0.934. The maximum atomic E-state index is 12.7. The van der Waals surface area contributed by atoms with Crippen LogP contribution in [0.15, 0.2) is 46.8 Å². The molecule has 1 aliphatic carbocycles. The molecule has 0 aromatic rings. The van der Waals surface area contributed by atoms with Crippen LogP contribution in [0.4, 0.5) is 0 Å². The van der Waals surface area contributed by atoms with Crippen LogP contribution in [0.3, 0.4) is 0 Å². The smallest absolute Gasteiger partial charge is 0.336 e. The van der Waals surface area contributed by atoms with Crippen molar-refractivity contribution < 1.29 is 43.9 Å². The highest BCUT2D eigenvalue weighted by Gasteiger charge is 2.45. The lowest BCUT2D eigenvalue weighted by molar-refractivity contribution is -0.148. The third-order valence-corrected chi connectivity index (χ3v) is 5.26. The van der Waals surface area contributed by atoms with E-state index in [4.69, 9.17) is 14.2 Å². The van der Waals surface area contributed by atoms with E-state index in [0.29, 0.717) is 17.6 Å². The summed E-state index contributed by atoms with van der Waals surface area (Å²) in [6, 6.07) is 0.